The fourth-order valence-corrected chi connectivity index (χ4v) is 1.69. The van der Waals surface area contributed by atoms with E-state index in [1.165, 1.54) is 5.56 Å². The van der Waals surface area contributed by atoms with Crippen molar-refractivity contribution >= 4 is 17.9 Å². The van der Waals surface area contributed by atoms with Crippen molar-refractivity contribution in [3.63, 3.8) is 0 Å². The molecule has 14 heavy (non-hydrogen) atoms. The number of rotatable bonds is 5. The zero-order chi connectivity index (χ0) is 10.4. The van der Waals surface area contributed by atoms with Crippen molar-refractivity contribution in [1.82, 2.24) is 0 Å². The van der Waals surface area contributed by atoms with Crippen LogP contribution in [-0.4, -0.2) is 6.29 Å². The summed E-state index contributed by atoms with van der Waals surface area (Å²) in [5.74, 6) is 0.480. The van der Waals surface area contributed by atoms with Gasteiger partial charge in [0.25, 0.3) is 0 Å². The molecule has 0 spiro atoms. The van der Waals surface area contributed by atoms with Crippen molar-refractivity contribution in [2.24, 2.45) is 0 Å². The van der Waals surface area contributed by atoms with Gasteiger partial charge in [0.05, 0.1) is 0 Å². The second-order valence-corrected chi connectivity index (χ2v) is 3.99. The second kappa shape index (κ2) is 5.82. The minimum Gasteiger partial charge on any atom is -0.303 e. The minimum atomic E-state index is 0.480. The lowest BCUT2D eigenvalue weighted by atomic mass is 9.96. The normalized spacial score (nSPS) is 12.4. The molecule has 1 nitrogen and oxygen atoms in total. The van der Waals surface area contributed by atoms with Gasteiger partial charge in [0, 0.05) is 11.4 Å². The first kappa shape index (κ1) is 11.3. The molecule has 1 rings (SSSR count). The quantitative estimate of drug-likeness (QED) is 0.534. The largest absolute Gasteiger partial charge is 0.303 e. The van der Waals surface area contributed by atoms with E-state index >= 15 is 0 Å². The van der Waals surface area contributed by atoms with E-state index in [-0.39, 0.29) is 0 Å². The molecule has 0 saturated carbocycles. The Hall–Kier alpha value is -0.820. The van der Waals surface area contributed by atoms with Crippen molar-refractivity contribution in [3.05, 3.63) is 34.9 Å². The van der Waals surface area contributed by atoms with Gasteiger partial charge in [0.15, 0.2) is 0 Å². The Morgan fingerprint density at radius 2 is 2.29 bits per heavy atom. The molecule has 0 N–H and O–H groups in total. The molecule has 0 heterocycles. The number of carbonyl (C=O) groups excluding carboxylic acids is 1. The first-order valence-electron chi connectivity index (χ1n) is 4.93. The van der Waals surface area contributed by atoms with Gasteiger partial charge in [-0.05, 0) is 36.5 Å². The standard InChI is InChI=1S/C12H15ClO/c1-10(5-2-3-8-14)11-6-4-7-12(13)9-11/h4,6-10H,2-3,5H2,1H3. The zero-order valence-electron chi connectivity index (χ0n) is 8.37. The van der Waals surface area contributed by atoms with Crippen LogP contribution in [0.5, 0.6) is 0 Å². The predicted molar refractivity (Wildman–Crippen MR) is 59.8 cm³/mol. The molecule has 1 unspecified atom stereocenters. The molecule has 1 aromatic rings. The van der Waals surface area contributed by atoms with E-state index in [9.17, 15) is 4.79 Å². The van der Waals surface area contributed by atoms with Crippen molar-refractivity contribution < 1.29 is 4.79 Å². The summed E-state index contributed by atoms with van der Waals surface area (Å²) in [5, 5.41) is 0.782. The van der Waals surface area contributed by atoms with E-state index in [0.717, 1.165) is 24.2 Å². The molecule has 0 aliphatic carbocycles. The first-order chi connectivity index (χ1) is 6.74. The summed E-state index contributed by atoms with van der Waals surface area (Å²) in [6.45, 7) is 2.16. The Kier molecular flexibility index (Phi) is 4.68. The molecular formula is C12H15ClO. The smallest absolute Gasteiger partial charge is 0.119 e. The predicted octanol–water partition coefficient (Wildman–Crippen LogP) is 3.81. The molecule has 0 radical (unpaired) electrons. The Morgan fingerprint density at radius 1 is 1.50 bits per heavy atom. The molecule has 2 heteroatoms. The zero-order valence-corrected chi connectivity index (χ0v) is 9.13. The fraction of sp³-hybridized carbons (Fsp3) is 0.417. The Bertz CT molecular complexity index is 296. The van der Waals surface area contributed by atoms with Crippen LogP contribution >= 0.6 is 11.6 Å². The first-order valence-corrected chi connectivity index (χ1v) is 5.31. The van der Waals surface area contributed by atoms with E-state index in [2.05, 4.69) is 13.0 Å². The van der Waals surface area contributed by atoms with Gasteiger partial charge in [-0.25, -0.2) is 0 Å². The lowest BCUT2D eigenvalue weighted by Gasteiger charge is -2.10. The van der Waals surface area contributed by atoms with Crippen LogP contribution in [0.4, 0.5) is 0 Å². The van der Waals surface area contributed by atoms with Gasteiger partial charge in [-0.1, -0.05) is 30.7 Å². The van der Waals surface area contributed by atoms with Gasteiger partial charge >= 0.3 is 0 Å². The molecule has 0 amide bonds. The number of benzene rings is 1. The fourth-order valence-electron chi connectivity index (χ4n) is 1.49. The Morgan fingerprint density at radius 3 is 2.93 bits per heavy atom. The summed E-state index contributed by atoms with van der Waals surface area (Å²) in [4.78, 5) is 10.2. The third-order valence-corrected chi connectivity index (χ3v) is 2.61. The van der Waals surface area contributed by atoms with Crippen LogP contribution in [0.25, 0.3) is 0 Å². The molecule has 0 aliphatic heterocycles. The third kappa shape index (κ3) is 3.51. The summed E-state index contributed by atoms with van der Waals surface area (Å²) < 4.78 is 0. The Labute approximate surface area is 90.1 Å². The highest BCUT2D eigenvalue weighted by molar-refractivity contribution is 6.30. The van der Waals surface area contributed by atoms with E-state index in [4.69, 9.17) is 11.6 Å². The summed E-state index contributed by atoms with van der Waals surface area (Å²) in [7, 11) is 0. The van der Waals surface area contributed by atoms with Crippen LogP contribution in [0.2, 0.25) is 5.02 Å². The van der Waals surface area contributed by atoms with Crippen LogP contribution in [0.1, 0.15) is 37.7 Å². The molecular weight excluding hydrogens is 196 g/mol. The van der Waals surface area contributed by atoms with Crippen LogP contribution in [0.3, 0.4) is 0 Å². The van der Waals surface area contributed by atoms with Gasteiger partial charge in [0.2, 0.25) is 0 Å². The molecule has 0 fully saturated rings. The maximum atomic E-state index is 10.2. The molecule has 1 aromatic carbocycles. The highest BCUT2D eigenvalue weighted by atomic mass is 35.5. The van der Waals surface area contributed by atoms with Crippen molar-refractivity contribution in [1.29, 1.82) is 0 Å². The highest BCUT2D eigenvalue weighted by Gasteiger charge is 2.04. The van der Waals surface area contributed by atoms with Crippen LogP contribution in [0.15, 0.2) is 24.3 Å². The SMILES string of the molecule is CC(CCCC=O)c1cccc(Cl)c1. The van der Waals surface area contributed by atoms with Gasteiger partial charge in [-0.2, -0.15) is 0 Å². The maximum Gasteiger partial charge on any atom is 0.119 e. The highest BCUT2D eigenvalue weighted by Crippen LogP contribution is 2.23. The van der Waals surface area contributed by atoms with E-state index in [0.29, 0.717) is 12.3 Å². The molecule has 0 aliphatic rings. The average Bonchev–Trinajstić information content (AvgIpc) is 2.18. The number of unbranched alkanes of at least 4 members (excludes halogenated alkanes) is 1. The number of hydrogen-bond acceptors (Lipinski definition) is 1. The van der Waals surface area contributed by atoms with Gasteiger partial charge in [0.1, 0.15) is 6.29 Å². The van der Waals surface area contributed by atoms with E-state index in [1.807, 2.05) is 18.2 Å². The van der Waals surface area contributed by atoms with Crippen molar-refractivity contribution in [2.75, 3.05) is 0 Å². The van der Waals surface area contributed by atoms with Crippen LogP contribution in [0, 0.1) is 0 Å². The van der Waals surface area contributed by atoms with Crippen LogP contribution < -0.4 is 0 Å². The number of carbonyl (C=O) groups is 1. The van der Waals surface area contributed by atoms with E-state index in [1.54, 1.807) is 0 Å². The molecule has 1 atom stereocenters. The van der Waals surface area contributed by atoms with E-state index < -0.39 is 0 Å². The van der Waals surface area contributed by atoms with Crippen LogP contribution in [-0.2, 0) is 4.79 Å². The maximum absolute atomic E-state index is 10.2. The van der Waals surface area contributed by atoms with Gasteiger partial charge in [-0.3, -0.25) is 0 Å². The van der Waals surface area contributed by atoms with Crippen molar-refractivity contribution in [2.45, 2.75) is 32.1 Å². The summed E-state index contributed by atoms with van der Waals surface area (Å²) >= 11 is 5.89. The molecule has 0 saturated heterocycles. The molecule has 76 valence electrons. The number of aldehydes is 1. The molecule has 0 bridgehead atoms. The topological polar surface area (TPSA) is 17.1 Å². The van der Waals surface area contributed by atoms with Gasteiger partial charge in [-0.15, -0.1) is 0 Å². The van der Waals surface area contributed by atoms with Gasteiger partial charge < -0.3 is 4.79 Å². The molecule has 0 aromatic heterocycles. The monoisotopic (exact) mass is 210 g/mol. The van der Waals surface area contributed by atoms with Crippen molar-refractivity contribution in [3.8, 4) is 0 Å². The lowest BCUT2D eigenvalue weighted by molar-refractivity contribution is -0.107. The second-order valence-electron chi connectivity index (χ2n) is 3.55. The average molecular weight is 211 g/mol. The summed E-state index contributed by atoms with van der Waals surface area (Å²) in [5.41, 5.74) is 1.25. The lowest BCUT2D eigenvalue weighted by Crippen LogP contribution is -1.93. The summed E-state index contributed by atoms with van der Waals surface area (Å²) in [6, 6.07) is 7.92. The number of halogens is 1. The summed E-state index contributed by atoms with van der Waals surface area (Å²) in [6.07, 6.45) is 3.63. The minimum absolute atomic E-state index is 0.480. The number of hydrogen-bond donors (Lipinski definition) is 0. The Balaban J connectivity index is 2.51. The third-order valence-electron chi connectivity index (χ3n) is 2.38.